The third-order valence-corrected chi connectivity index (χ3v) is 3.86. The van der Waals surface area contributed by atoms with Crippen LogP contribution in [0, 0.1) is 13.8 Å². The second-order valence-corrected chi connectivity index (χ2v) is 4.79. The van der Waals surface area contributed by atoms with Gasteiger partial charge in [-0.1, -0.05) is 0 Å². The zero-order valence-corrected chi connectivity index (χ0v) is 8.24. The van der Waals surface area contributed by atoms with Crippen molar-refractivity contribution in [1.29, 1.82) is 0 Å². The Hall–Kier alpha value is -0.410. The molecular formula is C9H13NOS. The van der Waals surface area contributed by atoms with E-state index in [1.807, 2.05) is 13.8 Å². The SMILES string of the molecule is Cc1nc(C)c(C2(CO)CC2)s1. The molecule has 0 aromatic carbocycles. The average Bonchev–Trinajstić information content (AvgIpc) is 2.74. The highest BCUT2D eigenvalue weighted by Gasteiger charge is 2.46. The maximum Gasteiger partial charge on any atom is 0.0900 e. The van der Waals surface area contributed by atoms with Gasteiger partial charge in [-0.3, -0.25) is 0 Å². The first-order valence-corrected chi connectivity index (χ1v) is 5.05. The topological polar surface area (TPSA) is 33.1 Å². The Balaban J connectivity index is 2.39. The molecule has 2 nitrogen and oxygen atoms in total. The number of nitrogens with zero attached hydrogens (tertiary/aromatic N) is 1. The van der Waals surface area contributed by atoms with Crippen LogP contribution in [0.5, 0.6) is 0 Å². The number of thiazole rings is 1. The lowest BCUT2D eigenvalue weighted by atomic mass is 10.1. The van der Waals surface area contributed by atoms with Crippen LogP contribution in [-0.2, 0) is 5.41 Å². The van der Waals surface area contributed by atoms with Gasteiger partial charge >= 0.3 is 0 Å². The van der Waals surface area contributed by atoms with Gasteiger partial charge in [-0.15, -0.1) is 11.3 Å². The number of aromatic nitrogens is 1. The summed E-state index contributed by atoms with van der Waals surface area (Å²) in [6.45, 7) is 4.35. The van der Waals surface area contributed by atoms with Gasteiger partial charge in [0, 0.05) is 10.3 Å². The van der Waals surface area contributed by atoms with E-state index in [0.717, 1.165) is 23.5 Å². The van der Waals surface area contributed by atoms with Crippen molar-refractivity contribution in [3.05, 3.63) is 15.6 Å². The Morgan fingerprint density at radius 3 is 2.50 bits per heavy atom. The monoisotopic (exact) mass is 183 g/mol. The average molecular weight is 183 g/mol. The highest BCUT2D eigenvalue weighted by molar-refractivity contribution is 7.11. The molecule has 66 valence electrons. The van der Waals surface area contributed by atoms with Crippen LogP contribution in [0.25, 0.3) is 0 Å². The minimum absolute atomic E-state index is 0.107. The van der Waals surface area contributed by atoms with Crippen LogP contribution in [-0.4, -0.2) is 16.7 Å². The fourth-order valence-corrected chi connectivity index (χ4v) is 2.79. The molecule has 1 fully saturated rings. The Labute approximate surface area is 76.3 Å². The van der Waals surface area contributed by atoms with Gasteiger partial charge in [-0.2, -0.15) is 0 Å². The predicted molar refractivity (Wildman–Crippen MR) is 49.6 cm³/mol. The van der Waals surface area contributed by atoms with Crippen LogP contribution in [0.3, 0.4) is 0 Å². The lowest BCUT2D eigenvalue weighted by molar-refractivity contribution is 0.256. The molecule has 2 rings (SSSR count). The first-order chi connectivity index (χ1) is 5.68. The maximum absolute atomic E-state index is 9.22. The molecule has 1 aromatic rings. The standard InChI is InChI=1S/C9H13NOS/c1-6-8(12-7(2)10-6)9(5-11)3-4-9/h11H,3-5H2,1-2H3. The molecule has 0 spiro atoms. The molecule has 0 unspecified atom stereocenters. The van der Waals surface area contributed by atoms with E-state index in [1.165, 1.54) is 4.88 Å². The number of rotatable bonds is 2. The molecule has 0 radical (unpaired) electrons. The summed E-state index contributed by atoms with van der Waals surface area (Å²) in [7, 11) is 0. The zero-order chi connectivity index (χ0) is 8.77. The maximum atomic E-state index is 9.22. The summed E-state index contributed by atoms with van der Waals surface area (Å²) >= 11 is 1.74. The van der Waals surface area contributed by atoms with Crippen molar-refractivity contribution in [3.63, 3.8) is 0 Å². The van der Waals surface area contributed by atoms with Gasteiger partial charge in [0.05, 0.1) is 17.3 Å². The van der Waals surface area contributed by atoms with Gasteiger partial charge in [0.25, 0.3) is 0 Å². The van der Waals surface area contributed by atoms with Crippen LogP contribution in [0.4, 0.5) is 0 Å². The summed E-state index contributed by atoms with van der Waals surface area (Å²) in [5.41, 5.74) is 1.22. The fourth-order valence-electron chi connectivity index (χ4n) is 1.63. The number of aryl methyl sites for hydroxylation is 2. The second kappa shape index (κ2) is 2.54. The van der Waals surface area contributed by atoms with Crippen molar-refractivity contribution >= 4 is 11.3 Å². The number of hydrogen-bond acceptors (Lipinski definition) is 3. The summed E-state index contributed by atoms with van der Waals surface area (Å²) in [6, 6.07) is 0. The largest absolute Gasteiger partial charge is 0.395 e. The van der Waals surface area contributed by atoms with Crippen molar-refractivity contribution in [2.75, 3.05) is 6.61 Å². The lowest BCUT2D eigenvalue weighted by Crippen LogP contribution is -2.11. The van der Waals surface area contributed by atoms with Gasteiger partial charge in [0.15, 0.2) is 0 Å². The van der Waals surface area contributed by atoms with Crippen molar-refractivity contribution in [1.82, 2.24) is 4.98 Å². The molecule has 1 N–H and O–H groups in total. The minimum Gasteiger partial charge on any atom is -0.395 e. The van der Waals surface area contributed by atoms with Crippen molar-refractivity contribution in [2.45, 2.75) is 32.1 Å². The first kappa shape index (κ1) is 8.20. The van der Waals surface area contributed by atoms with E-state index in [-0.39, 0.29) is 12.0 Å². The molecule has 1 aromatic heterocycles. The predicted octanol–water partition coefficient (Wildman–Crippen LogP) is 1.78. The van der Waals surface area contributed by atoms with E-state index in [1.54, 1.807) is 11.3 Å². The third-order valence-electron chi connectivity index (χ3n) is 2.54. The van der Waals surface area contributed by atoms with E-state index in [9.17, 15) is 5.11 Å². The molecule has 0 atom stereocenters. The molecule has 0 saturated heterocycles. The molecule has 3 heteroatoms. The molecule has 0 amide bonds. The van der Waals surface area contributed by atoms with Crippen LogP contribution in [0.1, 0.15) is 28.4 Å². The van der Waals surface area contributed by atoms with Gasteiger partial charge < -0.3 is 5.11 Å². The van der Waals surface area contributed by atoms with Crippen LogP contribution >= 0.6 is 11.3 Å². The van der Waals surface area contributed by atoms with Crippen molar-refractivity contribution < 1.29 is 5.11 Å². The molecule has 0 bridgehead atoms. The first-order valence-electron chi connectivity index (χ1n) is 4.23. The third kappa shape index (κ3) is 1.08. The molecular weight excluding hydrogens is 170 g/mol. The normalized spacial score (nSPS) is 19.6. The van der Waals surface area contributed by atoms with Crippen molar-refractivity contribution in [2.24, 2.45) is 0 Å². The van der Waals surface area contributed by atoms with Crippen LogP contribution < -0.4 is 0 Å². The Bertz CT molecular complexity index is 301. The van der Waals surface area contributed by atoms with E-state index in [0.29, 0.717) is 0 Å². The molecule has 1 heterocycles. The van der Waals surface area contributed by atoms with Gasteiger partial charge in [0.2, 0.25) is 0 Å². The van der Waals surface area contributed by atoms with E-state index >= 15 is 0 Å². The molecule has 12 heavy (non-hydrogen) atoms. The molecule has 1 saturated carbocycles. The Morgan fingerprint density at radius 2 is 2.17 bits per heavy atom. The summed E-state index contributed by atoms with van der Waals surface area (Å²) < 4.78 is 0. The number of aliphatic hydroxyl groups is 1. The zero-order valence-electron chi connectivity index (χ0n) is 7.42. The molecule has 1 aliphatic rings. The van der Waals surface area contributed by atoms with Gasteiger partial charge in [-0.05, 0) is 26.7 Å². The Kier molecular flexibility index (Phi) is 1.73. The van der Waals surface area contributed by atoms with Crippen molar-refractivity contribution in [3.8, 4) is 0 Å². The van der Waals surface area contributed by atoms with E-state index in [2.05, 4.69) is 4.98 Å². The van der Waals surface area contributed by atoms with E-state index in [4.69, 9.17) is 0 Å². The second-order valence-electron chi connectivity index (χ2n) is 3.59. The minimum atomic E-state index is 0.107. The summed E-state index contributed by atoms with van der Waals surface area (Å²) in [4.78, 5) is 5.68. The summed E-state index contributed by atoms with van der Waals surface area (Å²) in [5, 5.41) is 10.3. The molecule has 0 aliphatic heterocycles. The molecule has 1 aliphatic carbocycles. The number of aliphatic hydroxyl groups excluding tert-OH is 1. The quantitative estimate of drug-likeness (QED) is 0.758. The van der Waals surface area contributed by atoms with Gasteiger partial charge in [-0.25, -0.2) is 4.98 Å². The van der Waals surface area contributed by atoms with Crippen LogP contribution in [0.2, 0.25) is 0 Å². The smallest absolute Gasteiger partial charge is 0.0900 e. The van der Waals surface area contributed by atoms with Crippen LogP contribution in [0.15, 0.2) is 0 Å². The Morgan fingerprint density at radius 1 is 1.50 bits per heavy atom. The van der Waals surface area contributed by atoms with E-state index < -0.39 is 0 Å². The number of hydrogen-bond donors (Lipinski definition) is 1. The highest BCUT2D eigenvalue weighted by atomic mass is 32.1. The fraction of sp³-hybridized carbons (Fsp3) is 0.667. The summed E-state index contributed by atoms with van der Waals surface area (Å²) in [6.07, 6.45) is 2.26. The van der Waals surface area contributed by atoms with Gasteiger partial charge in [0.1, 0.15) is 0 Å². The lowest BCUT2D eigenvalue weighted by Gasteiger charge is -2.08. The summed E-state index contributed by atoms with van der Waals surface area (Å²) in [5.74, 6) is 0. The highest BCUT2D eigenvalue weighted by Crippen LogP contribution is 2.50.